The van der Waals surface area contributed by atoms with Crippen LogP contribution in [0.3, 0.4) is 0 Å². The number of hydrogen-bond acceptors (Lipinski definition) is 2. The molecule has 0 aromatic heterocycles. The summed E-state index contributed by atoms with van der Waals surface area (Å²) in [5.74, 6) is -0.208. The minimum absolute atomic E-state index is 0.148. The number of carbonyl (C=O) groups is 2. The summed E-state index contributed by atoms with van der Waals surface area (Å²) >= 11 is 6.04. The molecule has 6 heteroatoms. The molecule has 0 aliphatic rings. The van der Waals surface area contributed by atoms with Crippen LogP contribution in [-0.4, -0.2) is 23.9 Å². The van der Waals surface area contributed by atoms with Crippen molar-refractivity contribution >= 4 is 34.9 Å². The van der Waals surface area contributed by atoms with Crippen LogP contribution in [-0.2, 0) is 0 Å². The molecule has 29 heavy (non-hydrogen) atoms. The lowest BCUT2D eigenvalue weighted by Crippen LogP contribution is -2.33. The normalized spacial score (nSPS) is 11.4. The SMILES string of the molecule is CC(c1cccc(Cl)c1)N(C)C(=O)Nc1ccc(C(=O)Nc2ccccc2)cc1. The van der Waals surface area contributed by atoms with Gasteiger partial charge in [0.1, 0.15) is 0 Å². The Balaban J connectivity index is 1.61. The number of rotatable bonds is 5. The van der Waals surface area contributed by atoms with Crippen molar-refractivity contribution in [3.05, 3.63) is 95.0 Å². The van der Waals surface area contributed by atoms with E-state index in [4.69, 9.17) is 11.6 Å². The smallest absolute Gasteiger partial charge is 0.322 e. The predicted molar refractivity (Wildman–Crippen MR) is 117 cm³/mol. The monoisotopic (exact) mass is 407 g/mol. The van der Waals surface area contributed by atoms with Gasteiger partial charge >= 0.3 is 6.03 Å². The minimum atomic E-state index is -0.251. The van der Waals surface area contributed by atoms with E-state index in [2.05, 4.69) is 10.6 Å². The lowest BCUT2D eigenvalue weighted by atomic mass is 10.1. The molecule has 5 nitrogen and oxygen atoms in total. The number of halogens is 1. The third-order valence-electron chi connectivity index (χ3n) is 4.66. The molecular formula is C23H22ClN3O2. The van der Waals surface area contributed by atoms with Gasteiger partial charge in [0, 0.05) is 29.0 Å². The Morgan fingerprint density at radius 1 is 0.862 bits per heavy atom. The maximum Gasteiger partial charge on any atom is 0.322 e. The predicted octanol–water partition coefficient (Wildman–Crippen LogP) is 5.82. The summed E-state index contributed by atoms with van der Waals surface area (Å²) in [6.07, 6.45) is 0. The van der Waals surface area contributed by atoms with Gasteiger partial charge in [-0.2, -0.15) is 0 Å². The first kappa shape index (κ1) is 20.4. The average Bonchev–Trinajstić information content (AvgIpc) is 2.74. The molecule has 0 heterocycles. The highest BCUT2D eigenvalue weighted by Crippen LogP contribution is 2.23. The van der Waals surface area contributed by atoms with Crippen molar-refractivity contribution in [1.82, 2.24) is 4.90 Å². The number of nitrogens with zero attached hydrogens (tertiary/aromatic N) is 1. The van der Waals surface area contributed by atoms with Crippen LogP contribution in [0.25, 0.3) is 0 Å². The number of hydrogen-bond donors (Lipinski definition) is 2. The highest BCUT2D eigenvalue weighted by atomic mass is 35.5. The van der Waals surface area contributed by atoms with Crippen molar-refractivity contribution < 1.29 is 9.59 Å². The fourth-order valence-electron chi connectivity index (χ4n) is 2.81. The second-order valence-corrected chi connectivity index (χ2v) is 7.11. The molecule has 0 saturated heterocycles. The lowest BCUT2D eigenvalue weighted by molar-refractivity contribution is 0.102. The van der Waals surface area contributed by atoms with Crippen molar-refractivity contribution in [2.75, 3.05) is 17.7 Å². The van der Waals surface area contributed by atoms with Crippen molar-refractivity contribution in [3.63, 3.8) is 0 Å². The summed E-state index contributed by atoms with van der Waals surface area (Å²) in [7, 11) is 1.72. The molecule has 0 spiro atoms. The fourth-order valence-corrected chi connectivity index (χ4v) is 3.01. The van der Waals surface area contributed by atoms with Gasteiger partial charge in [-0.25, -0.2) is 4.79 Å². The van der Waals surface area contributed by atoms with Gasteiger partial charge in [0.25, 0.3) is 5.91 Å². The summed E-state index contributed by atoms with van der Waals surface area (Å²) in [6, 6.07) is 23.0. The second-order valence-electron chi connectivity index (χ2n) is 6.67. The molecular weight excluding hydrogens is 386 g/mol. The van der Waals surface area contributed by atoms with Crippen LogP contribution in [0.1, 0.15) is 28.9 Å². The Kier molecular flexibility index (Phi) is 6.52. The fraction of sp³-hybridized carbons (Fsp3) is 0.130. The van der Waals surface area contributed by atoms with E-state index in [0.29, 0.717) is 16.3 Å². The van der Waals surface area contributed by atoms with E-state index in [1.165, 1.54) is 0 Å². The number of para-hydroxylation sites is 1. The largest absolute Gasteiger partial charge is 0.322 e. The number of anilines is 2. The molecule has 0 saturated carbocycles. The van der Waals surface area contributed by atoms with Gasteiger partial charge < -0.3 is 15.5 Å². The van der Waals surface area contributed by atoms with E-state index < -0.39 is 0 Å². The third-order valence-corrected chi connectivity index (χ3v) is 4.90. The Hall–Kier alpha value is -3.31. The van der Waals surface area contributed by atoms with E-state index in [0.717, 1.165) is 11.3 Å². The highest BCUT2D eigenvalue weighted by molar-refractivity contribution is 6.30. The minimum Gasteiger partial charge on any atom is -0.322 e. The van der Waals surface area contributed by atoms with Crippen LogP contribution < -0.4 is 10.6 Å². The van der Waals surface area contributed by atoms with E-state index in [9.17, 15) is 9.59 Å². The molecule has 1 atom stereocenters. The molecule has 0 aliphatic heterocycles. The first-order valence-electron chi connectivity index (χ1n) is 9.20. The summed E-state index contributed by atoms with van der Waals surface area (Å²) in [5, 5.41) is 6.31. The molecule has 0 bridgehead atoms. The molecule has 3 rings (SSSR count). The average molecular weight is 408 g/mol. The molecule has 3 aromatic rings. The van der Waals surface area contributed by atoms with Crippen LogP contribution in [0.2, 0.25) is 5.02 Å². The molecule has 2 N–H and O–H groups in total. The number of urea groups is 1. The van der Waals surface area contributed by atoms with E-state index in [-0.39, 0.29) is 18.0 Å². The summed E-state index contributed by atoms with van der Waals surface area (Å²) < 4.78 is 0. The zero-order valence-corrected chi connectivity index (χ0v) is 17.0. The quantitative estimate of drug-likeness (QED) is 0.560. The van der Waals surface area contributed by atoms with Gasteiger partial charge in [-0.3, -0.25) is 4.79 Å². The molecule has 3 amide bonds. The van der Waals surface area contributed by atoms with Gasteiger partial charge in [0.2, 0.25) is 0 Å². The Bertz CT molecular complexity index is 991. The van der Waals surface area contributed by atoms with Crippen molar-refractivity contribution in [2.24, 2.45) is 0 Å². The van der Waals surface area contributed by atoms with Crippen molar-refractivity contribution in [2.45, 2.75) is 13.0 Å². The number of nitrogens with one attached hydrogen (secondary N) is 2. The molecule has 0 aliphatic carbocycles. The van der Waals surface area contributed by atoms with E-state index in [1.807, 2.05) is 55.5 Å². The van der Waals surface area contributed by atoms with Gasteiger partial charge in [0.15, 0.2) is 0 Å². The molecule has 0 fully saturated rings. The van der Waals surface area contributed by atoms with E-state index in [1.54, 1.807) is 42.3 Å². The standard InChI is InChI=1S/C23H22ClN3O2/c1-16(18-7-6-8-19(24)15-18)27(2)23(29)26-21-13-11-17(12-14-21)22(28)25-20-9-4-3-5-10-20/h3-16H,1-2H3,(H,25,28)(H,26,29). The third kappa shape index (κ3) is 5.36. The highest BCUT2D eigenvalue weighted by Gasteiger charge is 2.18. The van der Waals surface area contributed by atoms with Gasteiger partial charge in [-0.1, -0.05) is 41.9 Å². The maximum absolute atomic E-state index is 12.6. The molecule has 0 radical (unpaired) electrons. The molecule has 148 valence electrons. The summed E-state index contributed by atoms with van der Waals surface area (Å²) in [5.41, 5.74) is 2.79. The Labute approximate surface area is 175 Å². The van der Waals surface area contributed by atoms with Crippen LogP contribution in [0.5, 0.6) is 0 Å². The van der Waals surface area contributed by atoms with Crippen LogP contribution in [0.4, 0.5) is 16.2 Å². The van der Waals surface area contributed by atoms with Crippen LogP contribution >= 0.6 is 11.6 Å². The first-order chi connectivity index (χ1) is 13.9. The van der Waals surface area contributed by atoms with Gasteiger partial charge in [-0.15, -0.1) is 0 Å². The summed E-state index contributed by atoms with van der Waals surface area (Å²) in [4.78, 5) is 26.5. The number of benzene rings is 3. The maximum atomic E-state index is 12.6. The molecule has 3 aromatic carbocycles. The number of carbonyl (C=O) groups excluding carboxylic acids is 2. The van der Waals surface area contributed by atoms with E-state index >= 15 is 0 Å². The van der Waals surface area contributed by atoms with Gasteiger partial charge in [0.05, 0.1) is 6.04 Å². The van der Waals surface area contributed by atoms with Crippen molar-refractivity contribution in [1.29, 1.82) is 0 Å². The van der Waals surface area contributed by atoms with Gasteiger partial charge in [-0.05, 0) is 61.0 Å². The van der Waals surface area contributed by atoms with Crippen LogP contribution in [0, 0.1) is 0 Å². The zero-order valence-electron chi connectivity index (χ0n) is 16.2. The van der Waals surface area contributed by atoms with Crippen molar-refractivity contribution in [3.8, 4) is 0 Å². The Morgan fingerprint density at radius 2 is 1.52 bits per heavy atom. The molecule has 1 unspecified atom stereocenters. The zero-order chi connectivity index (χ0) is 20.8. The van der Waals surface area contributed by atoms with Crippen LogP contribution in [0.15, 0.2) is 78.9 Å². The lowest BCUT2D eigenvalue weighted by Gasteiger charge is -2.25. The second kappa shape index (κ2) is 9.26. The summed E-state index contributed by atoms with van der Waals surface area (Å²) in [6.45, 7) is 1.93. The number of amides is 3. The first-order valence-corrected chi connectivity index (χ1v) is 9.57. The Morgan fingerprint density at radius 3 is 2.17 bits per heavy atom. The topological polar surface area (TPSA) is 61.4 Å².